The molecular formula is C10H8O4S. The molecule has 0 spiro atoms. The second-order valence-corrected chi connectivity index (χ2v) is 4.93. The van der Waals surface area contributed by atoms with Gasteiger partial charge in [-0.2, -0.15) is 0 Å². The van der Waals surface area contributed by atoms with Gasteiger partial charge in [0.05, 0.1) is 12.0 Å². The number of hydrogen-bond acceptors (Lipinski definition) is 4. The average Bonchev–Trinajstić information content (AvgIpc) is 2.51. The molecule has 2 rings (SSSR count). The molecule has 0 saturated heterocycles. The summed E-state index contributed by atoms with van der Waals surface area (Å²) in [6.45, 7) is 0. The van der Waals surface area contributed by atoms with Crippen molar-refractivity contribution in [1.82, 2.24) is 0 Å². The number of esters is 1. The standard InChI is InChI=1S/C10H8O4S/c1-14-10(11)9-6-7-4-2-3-5-8(7)15(9,12)13/h2-6H,1H3. The molecule has 5 heteroatoms. The van der Waals surface area contributed by atoms with Gasteiger partial charge in [-0.3, -0.25) is 0 Å². The molecule has 15 heavy (non-hydrogen) atoms. The second kappa shape index (κ2) is 3.20. The van der Waals surface area contributed by atoms with Gasteiger partial charge in [-0.05, 0) is 17.7 Å². The molecule has 0 aromatic heterocycles. The predicted octanol–water partition coefficient (Wildman–Crippen LogP) is 0.988. The van der Waals surface area contributed by atoms with Crippen LogP contribution in [0.5, 0.6) is 0 Å². The Morgan fingerprint density at radius 1 is 1.27 bits per heavy atom. The Bertz CT molecular complexity index is 555. The topological polar surface area (TPSA) is 60.4 Å². The Morgan fingerprint density at radius 2 is 1.93 bits per heavy atom. The summed E-state index contributed by atoms with van der Waals surface area (Å²) in [7, 11) is -2.52. The molecule has 0 radical (unpaired) electrons. The zero-order valence-electron chi connectivity index (χ0n) is 7.93. The van der Waals surface area contributed by atoms with Crippen molar-refractivity contribution in [3.05, 3.63) is 34.7 Å². The maximum absolute atomic E-state index is 11.8. The van der Waals surface area contributed by atoms with Crippen LogP contribution in [0.3, 0.4) is 0 Å². The van der Waals surface area contributed by atoms with E-state index in [4.69, 9.17) is 0 Å². The van der Waals surface area contributed by atoms with Gasteiger partial charge in [-0.15, -0.1) is 0 Å². The molecule has 1 aromatic rings. The van der Waals surface area contributed by atoms with Crippen LogP contribution >= 0.6 is 0 Å². The fraction of sp³-hybridized carbons (Fsp3) is 0.100. The number of carbonyl (C=O) groups is 1. The number of hydrogen-bond donors (Lipinski definition) is 0. The van der Waals surface area contributed by atoms with Crippen LogP contribution in [-0.4, -0.2) is 21.5 Å². The maximum atomic E-state index is 11.8. The van der Waals surface area contributed by atoms with Crippen molar-refractivity contribution in [3.8, 4) is 0 Å². The molecule has 0 aliphatic carbocycles. The van der Waals surface area contributed by atoms with E-state index in [9.17, 15) is 13.2 Å². The van der Waals surface area contributed by atoms with Gasteiger partial charge in [0, 0.05) is 0 Å². The van der Waals surface area contributed by atoms with E-state index in [-0.39, 0.29) is 9.80 Å². The van der Waals surface area contributed by atoms with E-state index in [1.165, 1.54) is 12.1 Å². The van der Waals surface area contributed by atoms with Gasteiger partial charge >= 0.3 is 5.97 Å². The van der Waals surface area contributed by atoms with Crippen molar-refractivity contribution in [2.24, 2.45) is 0 Å². The first-order valence-corrected chi connectivity index (χ1v) is 5.70. The number of ether oxygens (including phenoxy) is 1. The number of methoxy groups -OCH3 is 1. The quantitative estimate of drug-likeness (QED) is 0.667. The summed E-state index contributed by atoms with van der Waals surface area (Å²) in [5, 5.41) is 0. The summed E-state index contributed by atoms with van der Waals surface area (Å²) in [5.41, 5.74) is 0.526. The Morgan fingerprint density at radius 3 is 2.53 bits per heavy atom. The minimum Gasteiger partial charge on any atom is -0.465 e. The largest absolute Gasteiger partial charge is 0.465 e. The van der Waals surface area contributed by atoms with Crippen LogP contribution < -0.4 is 0 Å². The highest BCUT2D eigenvalue weighted by atomic mass is 32.2. The molecule has 0 unspecified atom stereocenters. The lowest BCUT2D eigenvalue weighted by molar-refractivity contribution is -0.135. The highest BCUT2D eigenvalue weighted by Gasteiger charge is 2.34. The summed E-state index contributed by atoms with van der Waals surface area (Å²) in [5.74, 6) is -0.828. The van der Waals surface area contributed by atoms with Crippen molar-refractivity contribution in [3.63, 3.8) is 0 Å². The van der Waals surface area contributed by atoms with E-state index >= 15 is 0 Å². The molecule has 1 aliphatic heterocycles. The molecule has 0 fully saturated rings. The van der Waals surface area contributed by atoms with Crippen LogP contribution in [0.1, 0.15) is 5.56 Å². The fourth-order valence-corrected chi connectivity index (χ4v) is 2.97. The fourth-order valence-electron chi connectivity index (χ4n) is 1.45. The Labute approximate surface area is 87.1 Å². The van der Waals surface area contributed by atoms with Crippen molar-refractivity contribution in [2.45, 2.75) is 4.90 Å². The van der Waals surface area contributed by atoms with Crippen LogP contribution in [-0.2, 0) is 19.4 Å². The van der Waals surface area contributed by atoms with Crippen molar-refractivity contribution in [1.29, 1.82) is 0 Å². The van der Waals surface area contributed by atoms with Gasteiger partial charge in [-0.1, -0.05) is 18.2 Å². The highest BCUT2D eigenvalue weighted by Crippen LogP contribution is 2.32. The van der Waals surface area contributed by atoms with Gasteiger partial charge in [0.25, 0.3) is 0 Å². The summed E-state index contributed by atoms with van der Waals surface area (Å²) in [6.07, 6.45) is 1.33. The van der Waals surface area contributed by atoms with Crippen molar-refractivity contribution >= 4 is 21.9 Å². The summed E-state index contributed by atoms with van der Waals surface area (Å²) < 4.78 is 28.0. The van der Waals surface area contributed by atoms with E-state index in [0.29, 0.717) is 5.56 Å². The molecule has 0 atom stereocenters. The first kappa shape index (κ1) is 9.92. The molecule has 4 nitrogen and oxygen atoms in total. The highest BCUT2D eigenvalue weighted by molar-refractivity contribution is 7.96. The zero-order valence-corrected chi connectivity index (χ0v) is 8.74. The maximum Gasteiger partial charge on any atom is 0.349 e. The molecule has 78 valence electrons. The Kier molecular flexibility index (Phi) is 2.12. The number of rotatable bonds is 1. The van der Waals surface area contributed by atoms with E-state index < -0.39 is 15.8 Å². The molecule has 1 aliphatic rings. The van der Waals surface area contributed by atoms with E-state index in [1.807, 2.05) is 0 Å². The Balaban J connectivity index is 2.64. The zero-order chi connectivity index (χ0) is 11.1. The third kappa shape index (κ3) is 1.35. The second-order valence-electron chi connectivity index (χ2n) is 3.04. The monoisotopic (exact) mass is 224 g/mol. The van der Waals surface area contributed by atoms with Gasteiger partial charge in [0.2, 0.25) is 9.84 Å². The minimum absolute atomic E-state index is 0.158. The lowest BCUT2D eigenvalue weighted by atomic mass is 10.2. The summed E-state index contributed by atoms with van der Waals surface area (Å²) in [4.78, 5) is 11.1. The molecule has 0 N–H and O–H groups in total. The predicted molar refractivity (Wildman–Crippen MR) is 53.6 cm³/mol. The van der Waals surface area contributed by atoms with Gasteiger partial charge < -0.3 is 4.74 Å². The smallest absolute Gasteiger partial charge is 0.349 e. The molecule has 0 amide bonds. The van der Waals surface area contributed by atoms with E-state index in [1.54, 1.807) is 18.2 Å². The molecular weight excluding hydrogens is 216 g/mol. The lowest BCUT2D eigenvalue weighted by Crippen LogP contribution is -2.11. The first-order valence-electron chi connectivity index (χ1n) is 4.21. The third-order valence-corrected chi connectivity index (χ3v) is 3.99. The van der Waals surface area contributed by atoms with E-state index in [0.717, 1.165) is 7.11 Å². The van der Waals surface area contributed by atoms with Gasteiger partial charge in [0.15, 0.2) is 4.91 Å². The van der Waals surface area contributed by atoms with Gasteiger partial charge in [0.1, 0.15) is 0 Å². The van der Waals surface area contributed by atoms with Gasteiger partial charge in [-0.25, -0.2) is 13.2 Å². The number of fused-ring (bicyclic) bond motifs is 1. The molecule has 0 saturated carbocycles. The molecule has 1 aromatic carbocycles. The summed E-state index contributed by atoms with van der Waals surface area (Å²) in [6, 6.07) is 6.44. The van der Waals surface area contributed by atoms with E-state index in [2.05, 4.69) is 4.74 Å². The minimum atomic E-state index is -3.67. The van der Waals surface area contributed by atoms with Crippen LogP contribution in [0, 0.1) is 0 Å². The molecule has 0 bridgehead atoms. The first-order chi connectivity index (χ1) is 7.07. The van der Waals surface area contributed by atoms with Crippen LogP contribution in [0.2, 0.25) is 0 Å². The number of sulfone groups is 1. The summed E-state index contributed by atoms with van der Waals surface area (Å²) >= 11 is 0. The van der Waals surface area contributed by atoms with Crippen molar-refractivity contribution < 1.29 is 17.9 Å². The molecule has 1 heterocycles. The van der Waals surface area contributed by atoms with Crippen LogP contribution in [0.25, 0.3) is 6.08 Å². The number of carbonyl (C=O) groups excluding carboxylic acids is 1. The average molecular weight is 224 g/mol. The number of benzene rings is 1. The SMILES string of the molecule is COC(=O)C1=Cc2ccccc2S1(=O)=O. The van der Waals surface area contributed by atoms with Crippen LogP contribution in [0.4, 0.5) is 0 Å². The normalized spacial score (nSPS) is 16.7. The van der Waals surface area contributed by atoms with Crippen molar-refractivity contribution in [2.75, 3.05) is 7.11 Å². The third-order valence-electron chi connectivity index (χ3n) is 2.17. The van der Waals surface area contributed by atoms with Crippen LogP contribution in [0.15, 0.2) is 34.1 Å². The lowest BCUT2D eigenvalue weighted by Gasteiger charge is -2.00. The Hall–Kier alpha value is -1.62.